The minimum Gasteiger partial charge on any atom is -0.444 e. The van der Waals surface area contributed by atoms with Crippen LogP contribution in [0.25, 0.3) is 22.5 Å². The number of carbonyl (C=O) groups is 4. The molecule has 0 spiro atoms. The van der Waals surface area contributed by atoms with Crippen LogP contribution in [0.1, 0.15) is 83.6 Å². The number of nitrogens with one attached hydrogen (secondary N) is 4. The number of pyridine rings is 1. The van der Waals surface area contributed by atoms with Crippen LogP contribution in [-0.2, 0) is 27.8 Å². The fourth-order valence-corrected chi connectivity index (χ4v) is 7.88. The van der Waals surface area contributed by atoms with Crippen molar-refractivity contribution >= 4 is 46.2 Å². The van der Waals surface area contributed by atoms with Crippen LogP contribution < -0.4 is 32.7 Å². The Balaban J connectivity index is 0.831. The first-order valence-electron chi connectivity index (χ1n) is 20.0. The summed E-state index contributed by atoms with van der Waals surface area (Å²) in [4.78, 5) is 70.8. The second-order valence-corrected chi connectivity index (χ2v) is 15.2. The molecule has 5 heterocycles. The van der Waals surface area contributed by atoms with E-state index in [0.29, 0.717) is 43.2 Å². The van der Waals surface area contributed by atoms with Gasteiger partial charge in [0.1, 0.15) is 24.7 Å². The SMILES string of the molecule is Cn1c(=O)n(C2CCC(=O)NC2=O)c2cccc(CCCOCCNC[C@H]3CC[C@H](n4cc(NC(=O)c5coc(-c6ccnc(NCC(F)(F)F)c6)n5)c(C(N)=O)n4)CC3)c21. The number of alkyl halides is 3. The van der Waals surface area contributed by atoms with E-state index in [-0.39, 0.29) is 59.3 Å². The van der Waals surface area contributed by atoms with Crippen molar-refractivity contribution in [1.82, 2.24) is 39.5 Å². The Morgan fingerprint density at radius 3 is 2.64 bits per heavy atom. The van der Waals surface area contributed by atoms with Crippen molar-refractivity contribution in [3.63, 3.8) is 0 Å². The molecular weight excluding hydrogens is 804 g/mol. The number of benzene rings is 1. The number of nitrogens with zero attached hydrogens (tertiary/aromatic N) is 6. The van der Waals surface area contributed by atoms with Crippen LogP contribution in [0.3, 0.4) is 0 Å². The maximum absolute atomic E-state index is 13.2. The molecule has 7 rings (SSSR count). The average molecular weight is 850 g/mol. The van der Waals surface area contributed by atoms with E-state index in [4.69, 9.17) is 14.9 Å². The normalized spacial score (nSPS) is 18.3. The predicted octanol–water partition coefficient (Wildman–Crippen LogP) is 3.86. The fourth-order valence-electron chi connectivity index (χ4n) is 7.88. The number of primary amides is 1. The summed E-state index contributed by atoms with van der Waals surface area (Å²) in [5.41, 5.74) is 7.88. The Bertz CT molecular complexity index is 2460. The second kappa shape index (κ2) is 18.5. The lowest BCUT2D eigenvalue weighted by Gasteiger charge is -2.28. The van der Waals surface area contributed by atoms with Gasteiger partial charge in [0.05, 0.1) is 29.4 Å². The molecule has 0 radical (unpaired) electrons. The Morgan fingerprint density at radius 2 is 1.89 bits per heavy atom. The summed E-state index contributed by atoms with van der Waals surface area (Å²) in [6, 6.07) is 7.70. The molecule has 4 aromatic heterocycles. The number of nitrogens with two attached hydrogens (primary N) is 1. The highest BCUT2D eigenvalue weighted by molar-refractivity contribution is 6.07. The van der Waals surface area contributed by atoms with Gasteiger partial charge >= 0.3 is 11.9 Å². The number of fused-ring (bicyclic) bond motifs is 1. The monoisotopic (exact) mass is 849 g/mol. The van der Waals surface area contributed by atoms with Crippen molar-refractivity contribution in [2.75, 3.05) is 43.5 Å². The largest absolute Gasteiger partial charge is 0.444 e. The molecule has 2 aliphatic rings. The molecule has 324 valence electrons. The number of amides is 4. The zero-order valence-corrected chi connectivity index (χ0v) is 33.3. The van der Waals surface area contributed by atoms with Crippen molar-refractivity contribution in [1.29, 1.82) is 0 Å². The number of aryl methyl sites for hydroxylation is 2. The van der Waals surface area contributed by atoms with Gasteiger partial charge in [0.25, 0.3) is 11.8 Å². The number of para-hydroxylation sites is 1. The van der Waals surface area contributed by atoms with E-state index >= 15 is 0 Å². The number of aromatic nitrogens is 6. The standard InChI is InChI=1S/C40H46F3N11O7/c1-52-34-24(4-2-6-29(34)54(39(52)59)30-11-12-32(55)50-37(30)58)5-3-16-60-17-15-45-19-23-7-9-26(10-8-23)53-20-27(33(51-53)35(44)56)48-36(57)28-21-61-38(49-28)25-13-14-46-31(18-25)47-22-40(41,42)43/h2,4,6,13-14,18,20-21,23,26,30,45H,3,5,7-12,15-17,19,22H2,1H3,(H2,44,56)(H,46,47)(H,48,57)(H,50,55,58)/t23-,26-,30?. The maximum Gasteiger partial charge on any atom is 0.405 e. The maximum atomic E-state index is 13.2. The lowest BCUT2D eigenvalue weighted by atomic mass is 9.86. The van der Waals surface area contributed by atoms with E-state index in [2.05, 4.69) is 36.3 Å². The van der Waals surface area contributed by atoms with E-state index in [9.17, 15) is 37.1 Å². The molecule has 61 heavy (non-hydrogen) atoms. The van der Waals surface area contributed by atoms with Gasteiger partial charge in [0.2, 0.25) is 17.7 Å². The molecule has 6 N–H and O–H groups in total. The first-order valence-corrected chi connectivity index (χ1v) is 20.0. The molecular formula is C40H46F3N11O7. The molecule has 1 aromatic carbocycles. The third-order valence-electron chi connectivity index (χ3n) is 10.9. The number of anilines is 2. The van der Waals surface area contributed by atoms with Crippen LogP contribution in [0.4, 0.5) is 24.7 Å². The average Bonchev–Trinajstić information content (AvgIpc) is 3.96. The number of rotatable bonds is 17. The van der Waals surface area contributed by atoms with E-state index in [1.165, 1.54) is 22.9 Å². The number of hydrogen-bond donors (Lipinski definition) is 5. The number of oxazole rings is 1. The molecule has 0 bridgehead atoms. The minimum atomic E-state index is -4.44. The predicted molar refractivity (Wildman–Crippen MR) is 215 cm³/mol. The molecule has 1 saturated carbocycles. The smallest absolute Gasteiger partial charge is 0.405 e. The molecule has 18 nitrogen and oxygen atoms in total. The van der Waals surface area contributed by atoms with Crippen molar-refractivity contribution < 1.29 is 41.5 Å². The van der Waals surface area contributed by atoms with Gasteiger partial charge in [-0.05, 0) is 81.2 Å². The number of carbonyl (C=O) groups excluding carboxylic acids is 4. The number of hydrogen-bond acceptors (Lipinski definition) is 12. The number of imide groups is 1. The summed E-state index contributed by atoms with van der Waals surface area (Å²) >= 11 is 0. The number of halogens is 3. The van der Waals surface area contributed by atoms with E-state index in [1.54, 1.807) is 22.5 Å². The Morgan fingerprint density at radius 1 is 1.08 bits per heavy atom. The van der Waals surface area contributed by atoms with E-state index in [0.717, 1.165) is 56.0 Å². The quantitative estimate of drug-likeness (QED) is 0.0663. The molecule has 1 saturated heterocycles. The Kier molecular flexibility index (Phi) is 13.0. The molecule has 1 atom stereocenters. The van der Waals surface area contributed by atoms with Crippen LogP contribution in [0.2, 0.25) is 0 Å². The fraction of sp³-hybridized carbons (Fsp3) is 0.450. The van der Waals surface area contributed by atoms with Gasteiger partial charge in [0.15, 0.2) is 11.4 Å². The van der Waals surface area contributed by atoms with Crippen molar-refractivity contribution in [2.45, 2.75) is 69.6 Å². The highest BCUT2D eigenvalue weighted by atomic mass is 19.4. The third-order valence-corrected chi connectivity index (χ3v) is 10.9. The lowest BCUT2D eigenvalue weighted by molar-refractivity contribution is -0.135. The molecule has 21 heteroatoms. The summed E-state index contributed by atoms with van der Waals surface area (Å²) in [6.45, 7) is 1.28. The summed E-state index contributed by atoms with van der Waals surface area (Å²) < 4.78 is 53.9. The minimum absolute atomic E-state index is 0.0157. The summed E-state index contributed by atoms with van der Waals surface area (Å²) in [6.07, 6.45) is 4.80. The van der Waals surface area contributed by atoms with Gasteiger partial charge in [-0.25, -0.2) is 14.8 Å². The van der Waals surface area contributed by atoms with Crippen LogP contribution in [-0.4, -0.2) is 91.5 Å². The van der Waals surface area contributed by atoms with Gasteiger partial charge < -0.3 is 30.8 Å². The highest BCUT2D eigenvalue weighted by Crippen LogP contribution is 2.33. The van der Waals surface area contributed by atoms with Gasteiger partial charge in [0, 0.05) is 44.6 Å². The summed E-state index contributed by atoms with van der Waals surface area (Å²) in [5.74, 6) is -1.96. The van der Waals surface area contributed by atoms with Crippen molar-refractivity contribution in [2.24, 2.45) is 18.7 Å². The van der Waals surface area contributed by atoms with Crippen LogP contribution in [0.15, 0.2) is 58.2 Å². The Labute approximate surface area is 346 Å². The molecule has 5 aromatic rings. The van der Waals surface area contributed by atoms with Crippen LogP contribution in [0.5, 0.6) is 0 Å². The van der Waals surface area contributed by atoms with E-state index < -0.39 is 36.5 Å². The zero-order chi connectivity index (χ0) is 43.3. The summed E-state index contributed by atoms with van der Waals surface area (Å²) in [7, 11) is 1.69. The van der Waals surface area contributed by atoms with E-state index in [1.807, 2.05) is 18.2 Å². The zero-order valence-electron chi connectivity index (χ0n) is 33.3. The molecule has 1 aliphatic heterocycles. The van der Waals surface area contributed by atoms with Crippen molar-refractivity contribution in [3.8, 4) is 11.5 Å². The molecule has 4 amide bonds. The number of ether oxygens (including phenoxy) is 1. The highest BCUT2D eigenvalue weighted by Gasteiger charge is 2.32. The number of piperidine rings is 1. The van der Waals surface area contributed by atoms with Gasteiger partial charge in [-0.3, -0.25) is 38.3 Å². The number of imidazole rings is 1. The van der Waals surface area contributed by atoms with Crippen LogP contribution >= 0.6 is 0 Å². The topological polar surface area (TPSA) is 235 Å². The summed E-state index contributed by atoms with van der Waals surface area (Å²) in [5, 5.41) is 15.0. The van der Waals surface area contributed by atoms with Gasteiger partial charge in [-0.15, -0.1) is 0 Å². The molecule has 1 aliphatic carbocycles. The van der Waals surface area contributed by atoms with Gasteiger partial charge in [-0.2, -0.15) is 18.3 Å². The van der Waals surface area contributed by atoms with Crippen molar-refractivity contribution in [3.05, 3.63) is 76.4 Å². The first-order chi connectivity index (χ1) is 29.3. The lowest BCUT2D eigenvalue weighted by Crippen LogP contribution is -2.44. The second-order valence-electron chi connectivity index (χ2n) is 15.2. The van der Waals surface area contributed by atoms with Gasteiger partial charge in [-0.1, -0.05) is 12.1 Å². The molecule has 1 unspecified atom stereocenters. The third kappa shape index (κ3) is 10.2. The first kappa shape index (κ1) is 42.8. The molecule has 2 fully saturated rings. The Hall–Kier alpha value is -6.35. The van der Waals surface area contributed by atoms with Crippen LogP contribution in [0, 0.1) is 5.92 Å².